The quantitative estimate of drug-likeness (QED) is 0.679. The van der Waals surface area contributed by atoms with E-state index in [-0.39, 0.29) is 11.7 Å². The van der Waals surface area contributed by atoms with Crippen LogP contribution in [0.5, 0.6) is 5.75 Å². The van der Waals surface area contributed by atoms with E-state index in [1.807, 2.05) is 11.1 Å². The fourth-order valence-corrected chi connectivity index (χ4v) is 2.35. The second-order valence-corrected chi connectivity index (χ2v) is 5.03. The summed E-state index contributed by atoms with van der Waals surface area (Å²) in [6.45, 7) is 1.74. The van der Waals surface area contributed by atoms with Crippen molar-refractivity contribution >= 4 is 5.91 Å². The third-order valence-corrected chi connectivity index (χ3v) is 3.36. The number of nitrogens with two attached hydrogens (primary N) is 1. The van der Waals surface area contributed by atoms with Gasteiger partial charge in [-0.05, 0) is 24.1 Å². The van der Waals surface area contributed by atoms with Crippen molar-refractivity contribution in [3.8, 4) is 5.75 Å². The molecule has 1 atom stereocenters. The first-order chi connectivity index (χ1) is 9.56. The van der Waals surface area contributed by atoms with E-state index in [0.29, 0.717) is 25.9 Å². The van der Waals surface area contributed by atoms with E-state index < -0.39 is 6.23 Å². The van der Waals surface area contributed by atoms with E-state index in [1.54, 1.807) is 23.2 Å². The van der Waals surface area contributed by atoms with Gasteiger partial charge in [0.15, 0.2) is 0 Å². The van der Waals surface area contributed by atoms with E-state index in [4.69, 9.17) is 5.73 Å². The number of carbonyl (C=O) groups is 1. The number of carbonyl (C=O) groups excluding carboxylic acids is 1. The standard InChI is InChI=1S/C14H21N3O3/c15-13(19)6-8-16-7-2-5-14(20)17(16)10-11-3-1-4-12(18)9-11/h1,3-4,9,13,18-19H,2,5-8,10,15H2. The highest BCUT2D eigenvalue weighted by atomic mass is 16.3. The molecule has 0 aromatic heterocycles. The van der Waals surface area contributed by atoms with Gasteiger partial charge in [0.1, 0.15) is 12.0 Å². The molecule has 1 aliphatic rings. The minimum Gasteiger partial charge on any atom is -0.508 e. The molecule has 1 aliphatic heterocycles. The van der Waals surface area contributed by atoms with Crippen molar-refractivity contribution in [2.45, 2.75) is 32.0 Å². The molecule has 6 heteroatoms. The first-order valence-electron chi connectivity index (χ1n) is 6.83. The van der Waals surface area contributed by atoms with E-state index in [0.717, 1.165) is 18.5 Å². The number of hydrazine groups is 1. The monoisotopic (exact) mass is 279 g/mol. The highest BCUT2D eigenvalue weighted by Crippen LogP contribution is 2.19. The lowest BCUT2D eigenvalue weighted by Crippen LogP contribution is -2.51. The van der Waals surface area contributed by atoms with Crippen LogP contribution in [-0.2, 0) is 11.3 Å². The summed E-state index contributed by atoms with van der Waals surface area (Å²) in [5.41, 5.74) is 6.23. The number of phenols is 1. The van der Waals surface area contributed by atoms with Crippen molar-refractivity contribution in [1.82, 2.24) is 10.0 Å². The van der Waals surface area contributed by atoms with Crippen LogP contribution in [0.25, 0.3) is 0 Å². The maximum absolute atomic E-state index is 12.1. The fourth-order valence-electron chi connectivity index (χ4n) is 2.35. The number of benzene rings is 1. The summed E-state index contributed by atoms with van der Waals surface area (Å²) in [5.74, 6) is 0.252. The molecule has 0 saturated carbocycles. The maximum atomic E-state index is 12.1. The van der Waals surface area contributed by atoms with Crippen molar-refractivity contribution < 1.29 is 15.0 Å². The molecule has 1 amide bonds. The van der Waals surface area contributed by atoms with Crippen molar-refractivity contribution in [3.05, 3.63) is 29.8 Å². The van der Waals surface area contributed by atoms with Crippen molar-refractivity contribution in [2.75, 3.05) is 13.1 Å². The Bertz CT molecular complexity index is 465. The minimum atomic E-state index is -0.866. The molecule has 1 unspecified atom stereocenters. The summed E-state index contributed by atoms with van der Waals surface area (Å²) in [7, 11) is 0. The summed E-state index contributed by atoms with van der Waals surface area (Å²) in [6, 6.07) is 6.88. The molecule has 0 bridgehead atoms. The molecule has 1 heterocycles. The zero-order valence-corrected chi connectivity index (χ0v) is 11.4. The van der Waals surface area contributed by atoms with Gasteiger partial charge < -0.3 is 15.9 Å². The van der Waals surface area contributed by atoms with Crippen LogP contribution in [0.2, 0.25) is 0 Å². The van der Waals surface area contributed by atoms with Gasteiger partial charge >= 0.3 is 0 Å². The lowest BCUT2D eigenvalue weighted by Gasteiger charge is -2.38. The first-order valence-corrected chi connectivity index (χ1v) is 6.83. The van der Waals surface area contributed by atoms with Gasteiger partial charge in [-0.25, -0.2) is 5.01 Å². The summed E-state index contributed by atoms with van der Waals surface area (Å²) in [5, 5.41) is 22.3. The molecule has 1 fully saturated rings. The SMILES string of the molecule is NC(O)CCN1CCCC(=O)N1Cc1cccc(O)c1. The van der Waals surface area contributed by atoms with Gasteiger partial charge in [0.2, 0.25) is 5.91 Å². The highest BCUT2D eigenvalue weighted by molar-refractivity contribution is 5.76. The van der Waals surface area contributed by atoms with Crippen molar-refractivity contribution in [3.63, 3.8) is 0 Å². The Morgan fingerprint density at radius 3 is 2.90 bits per heavy atom. The maximum Gasteiger partial charge on any atom is 0.237 e. The number of rotatable bonds is 5. The van der Waals surface area contributed by atoms with Gasteiger partial charge in [0.05, 0.1) is 6.54 Å². The van der Waals surface area contributed by atoms with Crippen LogP contribution in [0.1, 0.15) is 24.8 Å². The third-order valence-electron chi connectivity index (χ3n) is 3.36. The molecule has 1 saturated heterocycles. The van der Waals surface area contributed by atoms with E-state index in [9.17, 15) is 15.0 Å². The molecule has 110 valence electrons. The number of hydrogen-bond acceptors (Lipinski definition) is 5. The molecule has 1 aromatic rings. The summed E-state index contributed by atoms with van der Waals surface area (Å²) < 4.78 is 0. The predicted molar refractivity (Wildman–Crippen MR) is 74.3 cm³/mol. The third kappa shape index (κ3) is 3.93. The highest BCUT2D eigenvalue weighted by Gasteiger charge is 2.26. The lowest BCUT2D eigenvalue weighted by molar-refractivity contribution is -0.158. The summed E-state index contributed by atoms with van der Waals surface area (Å²) >= 11 is 0. The molecule has 2 rings (SSSR count). The van der Waals surface area contributed by atoms with Crippen LogP contribution in [0.15, 0.2) is 24.3 Å². The number of hydrogen-bond donors (Lipinski definition) is 3. The van der Waals surface area contributed by atoms with Crippen molar-refractivity contribution in [2.24, 2.45) is 5.73 Å². The molecule has 1 aromatic carbocycles. The second kappa shape index (κ2) is 6.69. The van der Waals surface area contributed by atoms with Gasteiger partial charge in [-0.2, -0.15) is 0 Å². The van der Waals surface area contributed by atoms with E-state index in [2.05, 4.69) is 0 Å². The Balaban J connectivity index is 2.05. The molecule has 20 heavy (non-hydrogen) atoms. The zero-order chi connectivity index (χ0) is 14.5. The van der Waals surface area contributed by atoms with Gasteiger partial charge in [0, 0.05) is 25.9 Å². The summed E-state index contributed by atoms with van der Waals surface area (Å²) in [6.07, 6.45) is 0.898. The molecule has 0 radical (unpaired) electrons. The summed E-state index contributed by atoms with van der Waals surface area (Å²) in [4.78, 5) is 12.1. The van der Waals surface area contributed by atoms with E-state index >= 15 is 0 Å². The van der Waals surface area contributed by atoms with E-state index in [1.165, 1.54) is 0 Å². The largest absolute Gasteiger partial charge is 0.508 e. The van der Waals surface area contributed by atoms with Crippen LogP contribution < -0.4 is 5.73 Å². The second-order valence-electron chi connectivity index (χ2n) is 5.03. The van der Waals surface area contributed by atoms with Crippen LogP contribution >= 0.6 is 0 Å². The molecule has 4 N–H and O–H groups in total. The van der Waals surface area contributed by atoms with Crippen LogP contribution in [0, 0.1) is 0 Å². The minimum absolute atomic E-state index is 0.0612. The Hall–Kier alpha value is -1.63. The number of aromatic hydroxyl groups is 1. The van der Waals surface area contributed by atoms with Gasteiger partial charge in [-0.1, -0.05) is 12.1 Å². The smallest absolute Gasteiger partial charge is 0.237 e. The van der Waals surface area contributed by atoms with Crippen LogP contribution in [0.3, 0.4) is 0 Å². The zero-order valence-electron chi connectivity index (χ0n) is 11.4. The molecule has 0 aliphatic carbocycles. The number of aliphatic hydroxyl groups is 1. The molecular weight excluding hydrogens is 258 g/mol. The van der Waals surface area contributed by atoms with Gasteiger partial charge in [-0.15, -0.1) is 0 Å². The van der Waals surface area contributed by atoms with Gasteiger partial charge in [-0.3, -0.25) is 9.80 Å². The Morgan fingerprint density at radius 1 is 1.40 bits per heavy atom. The lowest BCUT2D eigenvalue weighted by atomic mass is 10.1. The number of aliphatic hydroxyl groups excluding tert-OH is 1. The average molecular weight is 279 g/mol. The number of phenolic OH excluding ortho intramolecular Hbond substituents is 1. The Morgan fingerprint density at radius 2 is 2.20 bits per heavy atom. The predicted octanol–water partition coefficient (Wildman–Crippen LogP) is 0.399. The Kier molecular flexibility index (Phi) is 4.94. The Labute approximate surface area is 118 Å². The first kappa shape index (κ1) is 14.8. The number of amides is 1. The molecular formula is C14H21N3O3. The topological polar surface area (TPSA) is 90.0 Å². The van der Waals surface area contributed by atoms with Gasteiger partial charge in [0.25, 0.3) is 0 Å². The average Bonchev–Trinajstić information content (AvgIpc) is 2.39. The number of nitrogens with zero attached hydrogens (tertiary/aromatic N) is 2. The van der Waals surface area contributed by atoms with Crippen LogP contribution in [0.4, 0.5) is 0 Å². The fraction of sp³-hybridized carbons (Fsp3) is 0.500. The normalized spacial score (nSPS) is 18.3. The van der Waals surface area contributed by atoms with Crippen LogP contribution in [-0.4, -0.2) is 45.5 Å². The molecule has 6 nitrogen and oxygen atoms in total. The molecule has 0 spiro atoms. The van der Waals surface area contributed by atoms with Crippen molar-refractivity contribution in [1.29, 1.82) is 0 Å².